The molecule has 0 spiro atoms. The number of phenols is 3. The van der Waals surface area contributed by atoms with E-state index in [0.29, 0.717) is 49.3 Å². The number of rotatable bonds is 11. The van der Waals surface area contributed by atoms with E-state index in [1.807, 2.05) is 30.3 Å². The average molecular weight is 906 g/mol. The molecule has 0 amide bonds. The van der Waals surface area contributed by atoms with Crippen LogP contribution in [0.1, 0.15) is 68.7 Å². The minimum atomic E-state index is -1.28. The molecule has 2 aliphatic rings. The van der Waals surface area contributed by atoms with Gasteiger partial charge in [-0.25, -0.2) is 19.6 Å². The summed E-state index contributed by atoms with van der Waals surface area (Å²) in [4.78, 5) is 37.6. The van der Waals surface area contributed by atoms with Gasteiger partial charge in [-0.1, -0.05) is 60.1 Å². The highest BCUT2D eigenvalue weighted by Gasteiger charge is 2.24. The van der Waals surface area contributed by atoms with Crippen LogP contribution in [0.25, 0.3) is 43.5 Å². The number of carboxylic acid groups (broad SMARTS) is 2. The fourth-order valence-corrected chi connectivity index (χ4v) is 9.45. The van der Waals surface area contributed by atoms with Crippen molar-refractivity contribution in [2.24, 2.45) is 0 Å². The van der Waals surface area contributed by atoms with Gasteiger partial charge in [-0.05, 0) is 122 Å². The van der Waals surface area contributed by atoms with E-state index in [1.165, 1.54) is 37.8 Å². The first-order valence-corrected chi connectivity index (χ1v) is 22.3. The number of carboxylic acids is 2. The molecule has 13 nitrogen and oxygen atoms in total. The quantitative estimate of drug-likeness (QED) is 0.0532. The zero-order valence-corrected chi connectivity index (χ0v) is 37.0. The largest absolute Gasteiger partial charge is 0.507 e. The molecule has 4 heterocycles. The van der Waals surface area contributed by atoms with Crippen LogP contribution in [0.5, 0.6) is 23.1 Å². The molecule has 14 heteroatoms. The number of fused-ring (bicyclic) bond motifs is 4. The Morgan fingerprint density at radius 2 is 1.17 bits per heavy atom. The van der Waals surface area contributed by atoms with Crippen LogP contribution in [0.2, 0.25) is 5.02 Å². The van der Waals surface area contributed by atoms with Gasteiger partial charge in [0.25, 0.3) is 0 Å². The maximum absolute atomic E-state index is 11.6. The van der Waals surface area contributed by atoms with Crippen LogP contribution in [0, 0.1) is 0 Å². The molecule has 6 aromatic carbocycles. The Labute approximate surface area is 385 Å². The van der Waals surface area contributed by atoms with Crippen molar-refractivity contribution in [3.05, 3.63) is 142 Å². The molecule has 0 radical (unpaired) electrons. The Kier molecular flexibility index (Phi) is 12.5. The van der Waals surface area contributed by atoms with Gasteiger partial charge in [0, 0.05) is 63.9 Å². The number of nitrogens with one attached hydrogen (secondary N) is 1. The summed E-state index contributed by atoms with van der Waals surface area (Å²) in [6, 6.07) is 30.4. The average Bonchev–Trinajstić information content (AvgIpc) is 4.04. The lowest BCUT2D eigenvalue weighted by atomic mass is 9.90. The molecule has 0 saturated carbocycles. The number of likely N-dealkylation sites (tertiary alicyclic amines) is 2. The molecule has 2 aromatic heterocycles. The fraction of sp³-hybridized carbons (Fsp3) is 0.231. The molecule has 0 bridgehead atoms. The SMILES string of the molecule is COc1ccc2nc3cc(Cl)ccc3c(Nc3cc(CN4CCCC4)c(O)c(CN4CCCC4)c3)c2n1.O=C(O)c1cc2ccccc2c(Cc2c(O)c(C(=O)O)cc3ccccc23)c1O. The number of aromatic hydroxyl groups is 3. The number of aromatic nitrogens is 2. The number of methoxy groups -OCH3 is 1. The summed E-state index contributed by atoms with van der Waals surface area (Å²) >= 11 is 6.32. The molecule has 0 atom stereocenters. The summed E-state index contributed by atoms with van der Waals surface area (Å²) in [5, 5.41) is 59.3. The molecule has 0 unspecified atom stereocenters. The van der Waals surface area contributed by atoms with Gasteiger partial charge in [0.15, 0.2) is 0 Å². The zero-order valence-electron chi connectivity index (χ0n) is 36.2. The minimum absolute atomic E-state index is 0.0407. The number of anilines is 2. The van der Waals surface area contributed by atoms with Crippen molar-refractivity contribution in [3.63, 3.8) is 0 Å². The van der Waals surface area contributed by atoms with Gasteiger partial charge in [0.1, 0.15) is 33.9 Å². The van der Waals surface area contributed by atoms with Crippen molar-refractivity contribution < 1.29 is 39.9 Å². The monoisotopic (exact) mass is 905 g/mol. The Morgan fingerprint density at radius 1 is 0.636 bits per heavy atom. The maximum Gasteiger partial charge on any atom is 0.339 e. The number of hydrogen-bond acceptors (Lipinski definition) is 11. The van der Waals surface area contributed by atoms with Crippen molar-refractivity contribution in [3.8, 4) is 23.1 Å². The second-order valence-electron chi connectivity index (χ2n) is 16.8. The van der Waals surface area contributed by atoms with Crippen LogP contribution in [0.4, 0.5) is 11.4 Å². The first kappa shape index (κ1) is 44.0. The molecule has 66 heavy (non-hydrogen) atoms. The number of ether oxygens (including phenoxy) is 1. The van der Waals surface area contributed by atoms with Crippen molar-refractivity contribution in [2.75, 3.05) is 38.6 Å². The third kappa shape index (κ3) is 8.92. The maximum atomic E-state index is 11.6. The van der Waals surface area contributed by atoms with Gasteiger partial charge in [0.05, 0.1) is 23.8 Å². The highest BCUT2D eigenvalue weighted by molar-refractivity contribution is 6.31. The summed E-state index contributed by atoms with van der Waals surface area (Å²) in [6.45, 7) is 5.78. The van der Waals surface area contributed by atoms with Crippen LogP contribution in [0.3, 0.4) is 0 Å². The summed E-state index contributed by atoms with van der Waals surface area (Å²) < 4.78 is 5.43. The molecule has 0 aliphatic carbocycles. The first-order chi connectivity index (χ1) is 31.9. The van der Waals surface area contributed by atoms with E-state index in [9.17, 15) is 35.1 Å². The topological polar surface area (TPSA) is 189 Å². The number of carbonyl (C=O) groups is 2. The molecule has 6 N–H and O–H groups in total. The predicted molar refractivity (Wildman–Crippen MR) is 257 cm³/mol. The van der Waals surface area contributed by atoms with Crippen LogP contribution in [-0.2, 0) is 19.5 Å². The normalized spacial score (nSPS) is 14.2. The van der Waals surface area contributed by atoms with E-state index in [2.05, 4.69) is 27.2 Å². The van der Waals surface area contributed by atoms with E-state index in [-0.39, 0.29) is 17.5 Å². The highest BCUT2D eigenvalue weighted by Crippen LogP contribution is 2.40. The number of phenolic OH excluding ortho intramolecular Hbond substituents is 1. The number of halogens is 1. The van der Waals surface area contributed by atoms with Crippen LogP contribution in [0.15, 0.2) is 103 Å². The lowest BCUT2D eigenvalue weighted by molar-refractivity contribution is 0.0682. The van der Waals surface area contributed by atoms with Crippen LogP contribution < -0.4 is 10.1 Å². The van der Waals surface area contributed by atoms with Gasteiger partial charge in [0.2, 0.25) is 5.88 Å². The lowest BCUT2D eigenvalue weighted by Crippen LogP contribution is -2.20. The van der Waals surface area contributed by atoms with E-state index in [1.54, 1.807) is 55.6 Å². The summed E-state index contributed by atoms with van der Waals surface area (Å²) in [5.74, 6) is -2.41. The van der Waals surface area contributed by atoms with Crippen molar-refractivity contribution in [1.82, 2.24) is 19.8 Å². The molecular weight excluding hydrogens is 858 g/mol. The fourth-order valence-electron chi connectivity index (χ4n) is 9.28. The predicted octanol–water partition coefficient (Wildman–Crippen LogP) is 10.5. The molecule has 2 fully saturated rings. The molecular formula is C52H48ClN5O8. The molecule has 336 valence electrons. The highest BCUT2D eigenvalue weighted by atomic mass is 35.5. The van der Waals surface area contributed by atoms with Crippen LogP contribution >= 0.6 is 11.6 Å². The summed E-state index contributed by atoms with van der Waals surface area (Å²) in [5.41, 5.74) is 6.07. The smallest absolute Gasteiger partial charge is 0.339 e. The van der Waals surface area contributed by atoms with Gasteiger partial charge >= 0.3 is 11.9 Å². The molecule has 2 aliphatic heterocycles. The number of hydrogen-bond donors (Lipinski definition) is 6. The Bertz CT molecular complexity index is 3050. The molecule has 10 rings (SSSR count). The Balaban J connectivity index is 0.000000171. The van der Waals surface area contributed by atoms with E-state index < -0.39 is 23.4 Å². The number of benzene rings is 6. The third-order valence-corrected chi connectivity index (χ3v) is 12.8. The zero-order chi connectivity index (χ0) is 46.1. The second-order valence-corrected chi connectivity index (χ2v) is 17.3. The van der Waals surface area contributed by atoms with Gasteiger partial charge in [-0.15, -0.1) is 0 Å². The molecule has 2 saturated heterocycles. The van der Waals surface area contributed by atoms with Crippen molar-refractivity contribution in [1.29, 1.82) is 0 Å². The van der Waals surface area contributed by atoms with E-state index in [4.69, 9.17) is 26.3 Å². The van der Waals surface area contributed by atoms with E-state index in [0.717, 1.165) is 83.7 Å². The van der Waals surface area contributed by atoms with Gasteiger partial charge in [-0.2, -0.15) is 0 Å². The standard InChI is InChI=1S/C29H32ClN5O2.C23H16O6/c1-37-26-9-8-24-28(33-26)27(23-7-6-21(30)16-25(23)32-24)31-22-14-19(17-34-10-2-3-11-34)29(36)20(15-22)18-35-12-4-5-13-35;24-20-16(14-7-3-1-5-12(14)9-18(20)22(26)27)11-17-15-8-4-2-6-13(15)10-19(21(17)25)23(28)29/h6-9,14-16,36H,2-5,10-13,17-18H2,1H3,(H,31,32);1-10,24-25H,11H2,(H,26,27)(H,28,29). The Hall–Kier alpha value is -7.19. The van der Waals surface area contributed by atoms with Gasteiger partial charge in [-0.3, -0.25) is 9.80 Å². The number of aromatic carboxylic acids is 2. The third-order valence-electron chi connectivity index (χ3n) is 12.6. The van der Waals surface area contributed by atoms with Crippen LogP contribution in [-0.4, -0.2) is 90.5 Å². The van der Waals surface area contributed by atoms with Crippen molar-refractivity contribution >= 4 is 78.4 Å². The minimum Gasteiger partial charge on any atom is -0.507 e. The second kappa shape index (κ2) is 18.7. The summed E-state index contributed by atoms with van der Waals surface area (Å²) in [6.07, 6.45) is 4.81. The summed E-state index contributed by atoms with van der Waals surface area (Å²) in [7, 11) is 1.62. The van der Waals surface area contributed by atoms with Gasteiger partial charge < -0.3 is 35.6 Å². The lowest BCUT2D eigenvalue weighted by Gasteiger charge is -2.22. The van der Waals surface area contributed by atoms with Crippen molar-refractivity contribution in [2.45, 2.75) is 45.2 Å². The molecule has 8 aromatic rings. The Morgan fingerprint density at radius 3 is 1.68 bits per heavy atom. The first-order valence-electron chi connectivity index (χ1n) is 21.9. The van der Waals surface area contributed by atoms with E-state index >= 15 is 0 Å². The number of pyridine rings is 2. The number of nitrogens with zero attached hydrogens (tertiary/aromatic N) is 4.